The molecule has 0 spiro atoms. The fourth-order valence-corrected chi connectivity index (χ4v) is 1.42. The summed E-state index contributed by atoms with van der Waals surface area (Å²) in [6.07, 6.45) is 0. The number of benzene rings is 1. The van der Waals surface area contributed by atoms with Crippen molar-refractivity contribution in [2.45, 2.75) is 0 Å². The van der Waals surface area contributed by atoms with E-state index in [4.69, 9.17) is 18.9 Å². The molecule has 0 heterocycles. The Balaban J connectivity index is 2.70. The van der Waals surface area contributed by atoms with Gasteiger partial charge in [0.25, 0.3) is 0 Å². The van der Waals surface area contributed by atoms with Crippen LogP contribution < -0.4 is 9.47 Å². The Bertz CT molecular complexity index is 389. The number of ketones is 1. The van der Waals surface area contributed by atoms with Crippen LogP contribution in [0.5, 0.6) is 11.5 Å². The van der Waals surface area contributed by atoms with Crippen LogP contribution >= 0.6 is 0 Å². The van der Waals surface area contributed by atoms with Gasteiger partial charge in [0.15, 0.2) is 5.78 Å². The van der Waals surface area contributed by atoms with Crippen LogP contribution in [0.25, 0.3) is 0 Å². The van der Waals surface area contributed by atoms with E-state index in [1.54, 1.807) is 32.4 Å². The zero-order valence-electron chi connectivity index (χ0n) is 10.9. The maximum absolute atomic E-state index is 12.0. The third kappa shape index (κ3) is 4.01. The molecule has 0 saturated heterocycles. The van der Waals surface area contributed by atoms with E-state index in [1.807, 2.05) is 0 Å². The van der Waals surface area contributed by atoms with Crippen LogP contribution in [-0.4, -0.2) is 46.9 Å². The van der Waals surface area contributed by atoms with Gasteiger partial charge in [-0.2, -0.15) is 0 Å². The molecule has 0 unspecified atom stereocenters. The summed E-state index contributed by atoms with van der Waals surface area (Å²) in [5.41, 5.74) is 0.453. The molecule has 100 valence electrons. The highest BCUT2D eigenvalue weighted by Gasteiger charge is 2.13. The molecule has 0 saturated carbocycles. The van der Waals surface area contributed by atoms with Gasteiger partial charge in [0, 0.05) is 7.11 Å². The number of hydrogen-bond donors (Lipinski definition) is 0. The molecule has 18 heavy (non-hydrogen) atoms. The fraction of sp³-hybridized carbons (Fsp3) is 0.462. The predicted molar refractivity (Wildman–Crippen MR) is 66.6 cm³/mol. The second-order valence-corrected chi connectivity index (χ2v) is 3.53. The van der Waals surface area contributed by atoms with E-state index >= 15 is 0 Å². The maximum Gasteiger partial charge on any atom is 0.192 e. The van der Waals surface area contributed by atoms with Gasteiger partial charge in [-0.15, -0.1) is 0 Å². The van der Waals surface area contributed by atoms with Crippen molar-refractivity contribution in [1.82, 2.24) is 0 Å². The highest BCUT2D eigenvalue weighted by atomic mass is 16.5. The Morgan fingerprint density at radius 1 is 1.11 bits per heavy atom. The number of hydrogen-bond acceptors (Lipinski definition) is 5. The highest BCUT2D eigenvalue weighted by Crippen LogP contribution is 2.24. The minimum absolute atomic E-state index is 0.00706. The fourth-order valence-electron chi connectivity index (χ4n) is 1.42. The SMILES string of the molecule is COCCOCC(=O)c1cc(OC)ccc1OC. The van der Waals surface area contributed by atoms with Crippen molar-refractivity contribution in [3.05, 3.63) is 23.8 Å². The Morgan fingerprint density at radius 2 is 1.89 bits per heavy atom. The van der Waals surface area contributed by atoms with Gasteiger partial charge in [-0.05, 0) is 18.2 Å². The number of ether oxygens (including phenoxy) is 4. The second kappa shape index (κ2) is 7.68. The molecule has 0 aliphatic heterocycles. The van der Waals surface area contributed by atoms with E-state index < -0.39 is 0 Å². The number of Topliss-reactive ketones (excluding diaryl/α,β-unsaturated/α-hetero) is 1. The smallest absolute Gasteiger partial charge is 0.192 e. The lowest BCUT2D eigenvalue weighted by Crippen LogP contribution is -2.13. The maximum atomic E-state index is 12.0. The van der Waals surface area contributed by atoms with Crippen molar-refractivity contribution in [3.8, 4) is 11.5 Å². The minimum Gasteiger partial charge on any atom is -0.497 e. The largest absolute Gasteiger partial charge is 0.497 e. The van der Waals surface area contributed by atoms with Gasteiger partial charge in [-0.25, -0.2) is 0 Å². The van der Waals surface area contributed by atoms with E-state index in [9.17, 15) is 4.79 Å². The van der Waals surface area contributed by atoms with Gasteiger partial charge in [-0.1, -0.05) is 0 Å². The van der Waals surface area contributed by atoms with Crippen molar-refractivity contribution < 1.29 is 23.7 Å². The molecule has 1 rings (SSSR count). The third-order valence-corrected chi connectivity index (χ3v) is 2.37. The molecule has 5 nitrogen and oxygen atoms in total. The zero-order valence-corrected chi connectivity index (χ0v) is 10.9. The monoisotopic (exact) mass is 254 g/mol. The molecule has 1 aromatic rings. The van der Waals surface area contributed by atoms with Gasteiger partial charge in [0.2, 0.25) is 0 Å². The van der Waals surface area contributed by atoms with Crippen LogP contribution in [0.3, 0.4) is 0 Å². The number of rotatable bonds is 8. The first-order valence-electron chi connectivity index (χ1n) is 5.54. The van der Waals surface area contributed by atoms with E-state index in [1.165, 1.54) is 7.11 Å². The van der Waals surface area contributed by atoms with Gasteiger partial charge >= 0.3 is 0 Å². The average molecular weight is 254 g/mol. The molecular formula is C13H18O5. The van der Waals surface area contributed by atoms with E-state index in [0.29, 0.717) is 30.3 Å². The minimum atomic E-state index is -0.151. The first-order valence-corrected chi connectivity index (χ1v) is 5.54. The molecule has 0 atom stereocenters. The number of methoxy groups -OCH3 is 3. The summed E-state index contributed by atoms with van der Waals surface area (Å²) in [6, 6.07) is 5.07. The summed E-state index contributed by atoms with van der Waals surface area (Å²) < 4.78 is 20.2. The summed E-state index contributed by atoms with van der Waals surface area (Å²) in [7, 11) is 4.64. The summed E-state index contributed by atoms with van der Waals surface area (Å²) in [6.45, 7) is 0.837. The van der Waals surface area contributed by atoms with Gasteiger partial charge in [0.1, 0.15) is 18.1 Å². The van der Waals surface area contributed by atoms with Gasteiger partial charge < -0.3 is 18.9 Å². The number of carbonyl (C=O) groups is 1. The molecule has 0 aliphatic rings. The quantitative estimate of drug-likeness (QED) is 0.520. The van der Waals surface area contributed by atoms with E-state index in [2.05, 4.69) is 0 Å². The second-order valence-electron chi connectivity index (χ2n) is 3.53. The highest BCUT2D eigenvalue weighted by molar-refractivity contribution is 6.00. The summed E-state index contributed by atoms with van der Waals surface area (Å²) in [5.74, 6) is 0.967. The Hall–Kier alpha value is -1.59. The van der Waals surface area contributed by atoms with Gasteiger partial charge in [0.05, 0.1) is 33.0 Å². The van der Waals surface area contributed by atoms with Crippen LogP contribution in [-0.2, 0) is 9.47 Å². The molecule has 0 aliphatic carbocycles. The molecule has 5 heteroatoms. The van der Waals surface area contributed by atoms with Crippen LogP contribution in [0.2, 0.25) is 0 Å². The predicted octanol–water partition coefficient (Wildman–Crippen LogP) is 1.55. The Morgan fingerprint density at radius 3 is 2.50 bits per heavy atom. The van der Waals surface area contributed by atoms with Crippen molar-refractivity contribution >= 4 is 5.78 Å². The van der Waals surface area contributed by atoms with E-state index in [0.717, 1.165) is 0 Å². The average Bonchev–Trinajstić information content (AvgIpc) is 2.42. The van der Waals surface area contributed by atoms with Crippen molar-refractivity contribution in [2.24, 2.45) is 0 Å². The standard InChI is InChI=1S/C13H18O5/c1-15-6-7-18-9-12(14)11-8-10(16-2)4-5-13(11)17-3/h4-5,8H,6-7,9H2,1-3H3. The number of carbonyl (C=O) groups excluding carboxylic acids is 1. The third-order valence-electron chi connectivity index (χ3n) is 2.37. The lowest BCUT2D eigenvalue weighted by Gasteiger charge is -2.09. The molecule has 0 N–H and O–H groups in total. The summed E-state index contributed by atoms with van der Waals surface area (Å²) in [4.78, 5) is 12.0. The first kappa shape index (κ1) is 14.5. The van der Waals surface area contributed by atoms with Crippen LogP contribution in [0.1, 0.15) is 10.4 Å². The van der Waals surface area contributed by atoms with Crippen molar-refractivity contribution in [1.29, 1.82) is 0 Å². The molecule has 0 aromatic heterocycles. The topological polar surface area (TPSA) is 54.0 Å². The summed E-state index contributed by atoms with van der Waals surface area (Å²) >= 11 is 0. The Labute approximate surface area is 107 Å². The zero-order chi connectivity index (χ0) is 13.4. The molecular weight excluding hydrogens is 236 g/mol. The van der Waals surface area contributed by atoms with Crippen molar-refractivity contribution in [3.63, 3.8) is 0 Å². The lowest BCUT2D eigenvalue weighted by atomic mass is 10.1. The van der Waals surface area contributed by atoms with Crippen molar-refractivity contribution in [2.75, 3.05) is 41.2 Å². The summed E-state index contributed by atoms with van der Waals surface area (Å²) in [5, 5.41) is 0. The molecule has 0 amide bonds. The first-order chi connectivity index (χ1) is 8.72. The van der Waals surface area contributed by atoms with Crippen LogP contribution in [0.15, 0.2) is 18.2 Å². The van der Waals surface area contributed by atoms with Gasteiger partial charge in [-0.3, -0.25) is 4.79 Å². The van der Waals surface area contributed by atoms with E-state index in [-0.39, 0.29) is 12.4 Å². The van der Waals surface area contributed by atoms with Crippen LogP contribution in [0, 0.1) is 0 Å². The molecule has 1 aromatic carbocycles. The Kier molecular flexibility index (Phi) is 6.18. The molecule has 0 radical (unpaired) electrons. The lowest BCUT2D eigenvalue weighted by molar-refractivity contribution is 0.0574. The molecule has 0 bridgehead atoms. The normalized spacial score (nSPS) is 10.2. The molecule has 0 fully saturated rings. The van der Waals surface area contributed by atoms with Crippen LogP contribution in [0.4, 0.5) is 0 Å².